The van der Waals surface area contributed by atoms with E-state index in [0.29, 0.717) is 12.8 Å². The van der Waals surface area contributed by atoms with Gasteiger partial charge in [-0.3, -0.25) is 9.59 Å². The lowest BCUT2D eigenvalue weighted by molar-refractivity contribution is -0.130. The van der Waals surface area contributed by atoms with Crippen molar-refractivity contribution in [1.29, 1.82) is 0 Å². The van der Waals surface area contributed by atoms with Crippen molar-refractivity contribution in [3.8, 4) is 0 Å². The Morgan fingerprint density at radius 1 is 1.04 bits per heavy atom. The predicted molar refractivity (Wildman–Crippen MR) is 101 cm³/mol. The van der Waals surface area contributed by atoms with E-state index < -0.39 is 35.7 Å². The second-order valence-corrected chi connectivity index (χ2v) is 7.48. The molecule has 27 heavy (non-hydrogen) atoms. The van der Waals surface area contributed by atoms with Gasteiger partial charge in [-0.05, 0) is 39.5 Å². The van der Waals surface area contributed by atoms with E-state index in [1.165, 1.54) is 7.05 Å². The molecule has 0 unspecified atom stereocenters. The third-order valence-electron chi connectivity index (χ3n) is 3.47. The molecule has 156 valence electrons. The SMILES string of the molecule is CNC(=O)[C@H](CCCNC(N)=O)NC(=O)[C@@H](NC(=O)OC(C)(C)C)C(C)C. The summed E-state index contributed by atoms with van der Waals surface area (Å²) in [4.78, 5) is 47.3. The van der Waals surface area contributed by atoms with E-state index in [9.17, 15) is 19.2 Å². The van der Waals surface area contributed by atoms with Gasteiger partial charge in [-0.2, -0.15) is 0 Å². The maximum absolute atomic E-state index is 12.6. The first-order valence-electron chi connectivity index (χ1n) is 8.92. The summed E-state index contributed by atoms with van der Waals surface area (Å²) in [5, 5.41) is 10.1. The first kappa shape index (κ1) is 24.5. The van der Waals surface area contributed by atoms with Gasteiger partial charge in [0.1, 0.15) is 17.7 Å². The number of hydrogen-bond donors (Lipinski definition) is 5. The van der Waals surface area contributed by atoms with Crippen LogP contribution in [0.15, 0.2) is 0 Å². The number of likely N-dealkylation sites (N-methyl/N-ethyl adjacent to an activating group) is 1. The Hall–Kier alpha value is -2.52. The van der Waals surface area contributed by atoms with Gasteiger partial charge in [0.25, 0.3) is 0 Å². The number of primary amides is 1. The number of amides is 5. The molecule has 0 fully saturated rings. The Morgan fingerprint density at radius 2 is 1.63 bits per heavy atom. The molecule has 0 aliphatic carbocycles. The van der Waals surface area contributed by atoms with E-state index in [0.717, 1.165) is 0 Å². The zero-order chi connectivity index (χ0) is 21.2. The highest BCUT2D eigenvalue weighted by Crippen LogP contribution is 2.09. The van der Waals surface area contributed by atoms with Crippen LogP contribution in [0, 0.1) is 5.92 Å². The van der Waals surface area contributed by atoms with Gasteiger partial charge < -0.3 is 31.7 Å². The standard InChI is InChI=1S/C17H33N5O5/c1-10(2)12(22-16(26)27-17(3,4)5)14(24)21-11(13(23)19-6)8-7-9-20-15(18)25/h10-12H,7-9H2,1-6H3,(H,19,23)(H,21,24)(H,22,26)(H3,18,20,25)/t11-,12-/m0/s1. The van der Waals surface area contributed by atoms with E-state index in [2.05, 4.69) is 21.3 Å². The summed E-state index contributed by atoms with van der Waals surface area (Å²) >= 11 is 0. The molecule has 0 aliphatic heterocycles. The first-order valence-corrected chi connectivity index (χ1v) is 8.92. The Bertz CT molecular complexity index is 530. The topological polar surface area (TPSA) is 152 Å². The van der Waals surface area contributed by atoms with Crippen molar-refractivity contribution in [2.24, 2.45) is 11.7 Å². The first-order chi connectivity index (χ1) is 12.4. The van der Waals surface area contributed by atoms with Crippen LogP contribution >= 0.6 is 0 Å². The number of nitrogens with one attached hydrogen (secondary N) is 4. The van der Waals surface area contributed by atoms with E-state index in [4.69, 9.17) is 10.5 Å². The fraction of sp³-hybridized carbons (Fsp3) is 0.765. The van der Waals surface area contributed by atoms with Crippen LogP contribution in [0.2, 0.25) is 0 Å². The highest BCUT2D eigenvalue weighted by Gasteiger charge is 2.29. The Morgan fingerprint density at radius 3 is 2.07 bits per heavy atom. The van der Waals surface area contributed by atoms with Gasteiger partial charge in [0, 0.05) is 13.6 Å². The average molecular weight is 387 g/mol. The Balaban J connectivity index is 4.92. The molecule has 5 amide bonds. The summed E-state index contributed by atoms with van der Waals surface area (Å²) in [6.07, 6.45) is 0.0225. The number of ether oxygens (including phenoxy) is 1. The highest BCUT2D eigenvalue weighted by molar-refractivity contribution is 5.91. The molecule has 2 atom stereocenters. The van der Waals surface area contributed by atoms with Crippen molar-refractivity contribution in [1.82, 2.24) is 21.3 Å². The molecule has 6 N–H and O–H groups in total. The number of carbonyl (C=O) groups is 4. The van der Waals surface area contributed by atoms with Gasteiger partial charge in [-0.15, -0.1) is 0 Å². The van der Waals surface area contributed by atoms with Crippen molar-refractivity contribution in [3.63, 3.8) is 0 Å². The molecule has 0 heterocycles. The van der Waals surface area contributed by atoms with Crippen LogP contribution in [0.1, 0.15) is 47.5 Å². The molecule has 0 aromatic rings. The molecule has 0 saturated carbocycles. The second kappa shape index (κ2) is 11.2. The number of alkyl carbamates (subject to hydrolysis) is 1. The van der Waals surface area contributed by atoms with Crippen molar-refractivity contribution in [2.45, 2.75) is 65.1 Å². The summed E-state index contributed by atoms with van der Waals surface area (Å²) in [6, 6.07) is -2.33. The molecule has 0 aromatic heterocycles. The minimum atomic E-state index is -0.865. The maximum atomic E-state index is 12.6. The van der Waals surface area contributed by atoms with Gasteiger partial charge in [0.15, 0.2) is 0 Å². The van der Waals surface area contributed by atoms with Crippen LogP contribution in [0.5, 0.6) is 0 Å². The molecular formula is C17H33N5O5. The monoisotopic (exact) mass is 387 g/mol. The lowest BCUT2D eigenvalue weighted by atomic mass is 10.0. The molecule has 10 nitrogen and oxygen atoms in total. The van der Waals surface area contributed by atoms with Crippen molar-refractivity contribution in [2.75, 3.05) is 13.6 Å². The fourth-order valence-corrected chi connectivity index (χ4v) is 2.19. The Kier molecular flexibility index (Phi) is 10.2. The molecule has 0 spiro atoms. The number of nitrogens with two attached hydrogens (primary N) is 1. The average Bonchev–Trinajstić information content (AvgIpc) is 2.52. The van der Waals surface area contributed by atoms with Gasteiger partial charge in [0.2, 0.25) is 11.8 Å². The lowest BCUT2D eigenvalue weighted by Gasteiger charge is -2.27. The zero-order valence-corrected chi connectivity index (χ0v) is 17.0. The van der Waals surface area contributed by atoms with Crippen LogP contribution < -0.4 is 27.0 Å². The molecular weight excluding hydrogens is 354 g/mol. The molecule has 10 heteroatoms. The predicted octanol–water partition coefficient (Wildman–Crippen LogP) is 0.215. The van der Waals surface area contributed by atoms with Gasteiger partial charge in [0.05, 0.1) is 0 Å². The van der Waals surface area contributed by atoms with Crippen LogP contribution in [-0.2, 0) is 14.3 Å². The zero-order valence-electron chi connectivity index (χ0n) is 17.0. The second-order valence-electron chi connectivity index (χ2n) is 7.48. The fourth-order valence-electron chi connectivity index (χ4n) is 2.19. The molecule has 0 radical (unpaired) electrons. The summed E-state index contributed by atoms with van der Waals surface area (Å²) in [7, 11) is 1.46. The van der Waals surface area contributed by atoms with Crippen LogP contribution in [0.4, 0.5) is 9.59 Å². The van der Waals surface area contributed by atoms with Gasteiger partial charge in [-0.1, -0.05) is 13.8 Å². The normalized spacial score (nSPS) is 13.3. The number of urea groups is 1. The molecule has 0 aliphatic rings. The minimum absolute atomic E-state index is 0.223. The summed E-state index contributed by atoms with van der Waals surface area (Å²) in [5.41, 5.74) is 4.29. The number of rotatable bonds is 9. The number of hydrogen-bond acceptors (Lipinski definition) is 5. The van der Waals surface area contributed by atoms with Gasteiger partial charge in [-0.25, -0.2) is 9.59 Å². The summed E-state index contributed by atoms with van der Waals surface area (Å²) in [6.45, 7) is 8.99. The molecule has 0 saturated heterocycles. The van der Waals surface area contributed by atoms with E-state index >= 15 is 0 Å². The van der Waals surface area contributed by atoms with E-state index in [1.807, 2.05) is 0 Å². The lowest BCUT2D eigenvalue weighted by Crippen LogP contribution is -2.55. The minimum Gasteiger partial charge on any atom is -0.444 e. The van der Waals surface area contributed by atoms with Crippen molar-refractivity contribution in [3.05, 3.63) is 0 Å². The summed E-state index contributed by atoms with van der Waals surface area (Å²) < 4.78 is 5.18. The third-order valence-corrected chi connectivity index (χ3v) is 3.47. The number of carbonyl (C=O) groups excluding carboxylic acids is 4. The smallest absolute Gasteiger partial charge is 0.408 e. The summed E-state index contributed by atoms with van der Waals surface area (Å²) in [5.74, 6) is -1.09. The molecule has 0 aromatic carbocycles. The van der Waals surface area contributed by atoms with E-state index in [1.54, 1.807) is 34.6 Å². The third kappa shape index (κ3) is 10.9. The van der Waals surface area contributed by atoms with Crippen molar-refractivity contribution >= 4 is 23.9 Å². The van der Waals surface area contributed by atoms with Crippen LogP contribution in [0.3, 0.4) is 0 Å². The van der Waals surface area contributed by atoms with Crippen molar-refractivity contribution < 1.29 is 23.9 Å². The largest absolute Gasteiger partial charge is 0.444 e. The molecule has 0 rings (SSSR count). The van der Waals surface area contributed by atoms with Crippen LogP contribution in [0.25, 0.3) is 0 Å². The van der Waals surface area contributed by atoms with Crippen LogP contribution in [-0.4, -0.2) is 55.2 Å². The maximum Gasteiger partial charge on any atom is 0.408 e. The van der Waals surface area contributed by atoms with E-state index in [-0.39, 0.29) is 18.4 Å². The quantitative estimate of drug-likeness (QED) is 0.358. The highest BCUT2D eigenvalue weighted by atomic mass is 16.6. The van der Waals surface area contributed by atoms with Gasteiger partial charge >= 0.3 is 12.1 Å². The Labute approximate surface area is 160 Å². The molecule has 0 bridgehead atoms.